The van der Waals surface area contributed by atoms with Crippen LogP contribution in [-0.2, 0) is 4.74 Å². The van der Waals surface area contributed by atoms with E-state index in [1.807, 2.05) is 49.4 Å². The number of nitrogens with two attached hydrogens (primary N) is 1. The van der Waals surface area contributed by atoms with Crippen molar-refractivity contribution in [1.82, 2.24) is 10.3 Å². The lowest BCUT2D eigenvalue weighted by atomic mass is 9.76. The summed E-state index contributed by atoms with van der Waals surface area (Å²) < 4.78 is 11.6. The van der Waals surface area contributed by atoms with E-state index < -0.39 is 0 Å². The Labute approximate surface area is 212 Å². The number of hydrogen-bond donors (Lipinski definition) is 3. The van der Waals surface area contributed by atoms with Gasteiger partial charge in [-0.05, 0) is 36.8 Å². The Kier molecular flexibility index (Phi) is 9.29. The molecule has 2 heterocycles. The van der Waals surface area contributed by atoms with Crippen molar-refractivity contribution in [2.24, 2.45) is 16.8 Å². The molecule has 2 unspecified atom stereocenters. The quantitative estimate of drug-likeness (QED) is 0.302. The summed E-state index contributed by atoms with van der Waals surface area (Å²) in [4.78, 5) is 2.37. The minimum absolute atomic E-state index is 0. The Bertz CT molecular complexity index is 1040. The van der Waals surface area contributed by atoms with Crippen LogP contribution in [0.15, 0.2) is 65.3 Å². The van der Waals surface area contributed by atoms with E-state index in [0.717, 1.165) is 36.5 Å². The third-order valence-electron chi connectivity index (χ3n) is 6.20. The van der Waals surface area contributed by atoms with E-state index in [1.165, 1.54) is 0 Å². The molecule has 0 radical (unpaired) electrons. The molecule has 1 saturated heterocycles. The van der Waals surface area contributed by atoms with E-state index in [-0.39, 0.29) is 35.1 Å². The third-order valence-corrected chi connectivity index (χ3v) is 6.29. The molecule has 1 fully saturated rings. The monoisotopic (exact) mass is 502 g/mol. The van der Waals surface area contributed by atoms with Crippen molar-refractivity contribution < 1.29 is 14.6 Å². The first-order valence-corrected chi connectivity index (χ1v) is 11.5. The Morgan fingerprint density at radius 3 is 2.53 bits per heavy atom. The number of ether oxygens (including phenoxy) is 2. The fourth-order valence-electron chi connectivity index (χ4n) is 4.53. The van der Waals surface area contributed by atoms with Crippen LogP contribution in [0.5, 0.6) is 5.75 Å². The molecule has 2 aliphatic rings. The number of halogens is 1. The second kappa shape index (κ2) is 12.2. The summed E-state index contributed by atoms with van der Waals surface area (Å²) in [6.07, 6.45) is 0. The topological polar surface area (TPSA) is 92.3 Å². The summed E-state index contributed by atoms with van der Waals surface area (Å²) in [5.74, 6) is 0.751. The molecule has 2 atom stereocenters. The van der Waals surface area contributed by atoms with E-state index >= 15 is 0 Å². The Hall–Kier alpha value is -2.65. The van der Waals surface area contributed by atoms with Crippen LogP contribution in [-0.4, -0.2) is 60.3 Å². The van der Waals surface area contributed by atoms with Crippen molar-refractivity contribution in [3.05, 3.63) is 71.3 Å². The summed E-state index contributed by atoms with van der Waals surface area (Å²) >= 11 is 4.97. The van der Waals surface area contributed by atoms with Crippen molar-refractivity contribution in [1.29, 1.82) is 0 Å². The Morgan fingerprint density at radius 2 is 1.82 bits per heavy atom. The lowest BCUT2D eigenvalue weighted by Crippen LogP contribution is -2.43. The van der Waals surface area contributed by atoms with Gasteiger partial charge in [-0.15, -0.1) is 12.4 Å². The van der Waals surface area contributed by atoms with E-state index in [1.54, 1.807) is 0 Å². The molecule has 7 nitrogen and oxygen atoms in total. The molecule has 34 heavy (non-hydrogen) atoms. The second-order valence-corrected chi connectivity index (χ2v) is 8.74. The van der Waals surface area contributed by atoms with Crippen LogP contribution in [0.4, 0.5) is 0 Å². The lowest BCUT2D eigenvalue weighted by Gasteiger charge is -2.37. The zero-order chi connectivity index (χ0) is 23.2. The van der Waals surface area contributed by atoms with Crippen molar-refractivity contribution in [2.75, 3.05) is 39.5 Å². The van der Waals surface area contributed by atoms with Gasteiger partial charge >= 0.3 is 0 Å². The number of aliphatic hydroxyl groups excluding tert-OH is 1. The van der Waals surface area contributed by atoms with E-state index in [0.29, 0.717) is 31.1 Å². The molecule has 0 aromatic heterocycles. The van der Waals surface area contributed by atoms with Gasteiger partial charge in [0.05, 0.1) is 18.8 Å². The van der Waals surface area contributed by atoms with Crippen LogP contribution >= 0.6 is 24.6 Å². The first kappa shape index (κ1) is 26.0. The molecule has 0 amide bonds. The number of morpholine rings is 1. The van der Waals surface area contributed by atoms with Crippen LogP contribution in [0.1, 0.15) is 24.0 Å². The number of thiocarbonyl (C=S) groups is 1. The molecule has 9 heteroatoms. The van der Waals surface area contributed by atoms with Gasteiger partial charge in [0.25, 0.3) is 0 Å². The summed E-state index contributed by atoms with van der Waals surface area (Å²) in [6.45, 7) is 6.12. The maximum Gasteiger partial charge on any atom is 0.184 e. The van der Waals surface area contributed by atoms with Gasteiger partial charge in [0.2, 0.25) is 0 Å². The van der Waals surface area contributed by atoms with Gasteiger partial charge in [0.15, 0.2) is 5.11 Å². The predicted octanol–water partition coefficient (Wildman–Crippen LogP) is 3.71. The normalized spacial score (nSPS) is 18.2. The molecule has 2 aromatic carbocycles. The molecule has 2 aliphatic heterocycles. The molecule has 182 valence electrons. The van der Waals surface area contributed by atoms with Gasteiger partial charge in [0.1, 0.15) is 18.1 Å². The summed E-state index contributed by atoms with van der Waals surface area (Å²) in [6, 6.07) is 17.8. The highest BCUT2D eigenvalue weighted by Crippen LogP contribution is 2.41. The third kappa shape index (κ3) is 6.07. The van der Waals surface area contributed by atoms with Crippen molar-refractivity contribution >= 4 is 41.2 Å². The molecular formula is C25H31ClN4O3S. The smallest absolute Gasteiger partial charge is 0.184 e. The number of nitrogens with zero attached hydrogens (tertiary/aromatic N) is 2. The fraction of sp³-hybridized carbons (Fsp3) is 0.360. The first-order valence-electron chi connectivity index (χ1n) is 11.1. The minimum atomic E-state index is -0.153. The predicted molar refractivity (Wildman–Crippen MR) is 142 cm³/mol. The van der Waals surface area contributed by atoms with E-state index in [9.17, 15) is 5.11 Å². The lowest BCUT2D eigenvalue weighted by molar-refractivity contribution is 0.0333. The highest BCUT2D eigenvalue weighted by Gasteiger charge is 2.35. The maximum absolute atomic E-state index is 11.4. The van der Waals surface area contributed by atoms with Crippen LogP contribution < -0.4 is 15.9 Å². The summed E-state index contributed by atoms with van der Waals surface area (Å²) in [7, 11) is 0. The standard InChI is InChI=1S/C25H30N4O3S.ClH/c1-17(27-28-25(26)33)20(15-29-11-13-31-14-12-29)23(18-7-3-2-4-8-18)21-16-32-22-10-6-5-9-19(22)24(21)30;/h2-10,20,23,30H,11-16H2,1H3,(H3,26,28,33);1H/b27-17-;. The number of aliphatic hydroxyl groups is 1. The molecular weight excluding hydrogens is 472 g/mol. The molecule has 4 N–H and O–H groups in total. The summed E-state index contributed by atoms with van der Waals surface area (Å²) in [5, 5.41) is 16.0. The molecule has 0 bridgehead atoms. The van der Waals surface area contributed by atoms with Crippen LogP contribution in [0.2, 0.25) is 0 Å². The zero-order valence-electron chi connectivity index (χ0n) is 19.1. The van der Waals surface area contributed by atoms with Gasteiger partial charge in [-0.1, -0.05) is 42.5 Å². The fourth-order valence-corrected chi connectivity index (χ4v) is 4.57. The highest BCUT2D eigenvalue weighted by atomic mass is 35.5. The van der Waals surface area contributed by atoms with Gasteiger partial charge in [-0.2, -0.15) is 5.10 Å². The maximum atomic E-state index is 11.4. The van der Waals surface area contributed by atoms with Crippen LogP contribution in [0.3, 0.4) is 0 Å². The number of nitrogens with one attached hydrogen (secondary N) is 1. The minimum Gasteiger partial charge on any atom is -0.507 e. The number of para-hydroxylation sites is 1. The average molecular weight is 503 g/mol. The van der Waals surface area contributed by atoms with Crippen molar-refractivity contribution in [3.8, 4) is 5.75 Å². The Balaban J connectivity index is 0.00000324. The van der Waals surface area contributed by atoms with E-state index in [4.69, 9.17) is 27.4 Å². The largest absolute Gasteiger partial charge is 0.507 e. The van der Waals surface area contributed by atoms with Gasteiger partial charge in [-0.25, -0.2) is 0 Å². The Morgan fingerprint density at radius 1 is 1.15 bits per heavy atom. The SMILES string of the molecule is C/C(=N/NC(N)=S)C(CN1CCOCC1)C(C1=C(O)c2ccccc2OC1)c1ccccc1.Cl. The van der Waals surface area contributed by atoms with Crippen LogP contribution in [0.25, 0.3) is 5.76 Å². The molecule has 0 saturated carbocycles. The highest BCUT2D eigenvalue weighted by molar-refractivity contribution is 7.80. The second-order valence-electron chi connectivity index (χ2n) is 8.30. The molecule has 0 aliphatic carbocycles. The number of rotatable bonds is 7. The average Bonchev–Trinajstić information content (AvgIpc) is 2.85. The van der Waals surface area contributed by atoms with Crippen molar-refractivity contribution in [2.45, 2.75) is 12.8 Å². The van der Waals surface area contributed by atoms with Gasteiger partial charge in [-0.3, -0.25) is 10.3 Å². The zero-order valence-corrected chi connectivity index (χ0v) is 20.8. The van der Waals surface area contributed by atoms with Crippen molar-refractivity contribution in [3.63, 3.8) is 0 Å². The number of hydrogen-bond acceptors (Lipinski definition) is 6. The van der Waals surface area contributed by atoms with Gasteiger partial charge in [0, 0.05) is 42.8 Å². The van der Waals surface area contributed by atoms with Crippen LogP contribution in [0, 0.1) is 5.92 Å². The van der Waals surface area contributed by atoms with E-state index in [2.05, 4.69) is 27.6 Å². The number of hydrazone groups is 1. The molecule has 4 rings (SSSR count). The summed E-state index contributed by atoms with van der Waals surface area (Å²) in [5.41, 5.74) is 11.9. The molecule has 2 aromatic rings. The molecule has 0 spiro atoms. The van der Waals surface area contributed by atoms with Gasteiger partial charge < -0.3 is 20.3 Å². The number of benzene rings is 2. The first-order chi connectivity index (χ1) is 16.0. The number of fused-ring (bicyclic) bond motifs is 1.